The van der Waals surface area contributed by atoms with Gasteiger partial charge in [0.15, 0.2) is 0 Å². The quantitative estimate of drug-likeness (QED) is 0.0454. The molecule has 12 aromatic rings. The van der Waals surface area contributed by atoms with Gasteiger partial charge in [-0.15, -0.1) is 0 Å². The average Bonchev–Trinajstić information content (AvgIpc) is 0.742. The van der Waals surface area contributed by atoms with E-state index in [1.54, 1.807) is 12.2 Å². The molecule has 3 heteroatoms. The van der Waals surface area contributed by atoms with Crippen LogP contribution in [-0.4, -0.2) is 0 Å². The van der Waals surface area contributed by atoms with Gasteiger partial charge in [-0.3, -0.25) is 0 Å². The van der Waals surface area contributed by atoms with Gasteiger partial charge in [-0.2, -0.15) is 0 Å². The zero-order valence-electron chi connectivity index (χ0n) is 53.7. The van der Waals surface area contributed by atoms with E-state index in [-0.39, 0.29) is 0 Å². The van der Waals surface area contributed by atoms with E-state index >= 15 is 0 Å². The highest BCUT2D eigenvalue weighted by Crippen LogP contribution is 2.46. The Labute approximate surface area is 551 Å². The second kappa shape index (κ2) is 32.1. The van der Waals surface area contributed by atoms with Crippen molar-refractivity contribution in [2.75, 3.05) is 14.7 Å². The highest BCUT2D eigenvalue weighted by atomic mass is 15.2. The van der Waals surface area contributed by atoms with E-state index in [1.165, 1.54) is 32.9 Å². The smallest absolute Gasteiger partial charge is 0.0468 e. The molecule has 0 spiro atoms. The lowest BCUT2D eigenvalue weighted by Gasteiger charge is -2.28. The van der Waals surface area contributed by atoms with Crippen LogP contribution in [0.25, 0.3) is 62.7 Å². The molecule has 0 bridgehead atoms. The van der Waals surface area contributed by atoms with E-state index in [0.29, 0.717) is 0 Å². The number of hydrogen-bond donors (Lipinski definition) is 0. The molecule has 12 aromatic carbocycles. The molecule has 0 radical (unpaired) electrons. The standard InChI is InChI=1S/C78H59N3.C7H12.C5H8/c1-3-20-58(4-2)31-32-61-37-43-67(44-38-61)79(64-25-14-7-15-26-64)70-49-52-73-76(55-70)74-53-50-71(80(65-27-16-8-17-28-65)68-45-39-62(40-46-68)35-33-59-21-10-5-11-22-59)57-78(74)75-54-51-72(56-77(73)75)81(66-29-18-9-19-30-66)69-47-41-63(42-48-69)36-34-60-23-12-6-13-24-60;1-4-5-6-7(2)3;1-4-5(2)3/h3-57H,1-2H2;4-6H,1-3H3;4H,1-2H2,3H3/b32-31+,35-33+,36-34+,58-20+;5-4-;. The van der Waals surface area contributed by atoms with Gasteiger partial charge in [-0.25, -0.2) is 0 Å². The molecule has 3 nitrogen and oxygen atoms in total. The lowest BCUT2D eigenvalue weighted by molar-refractivity contribution is 1.28. The molecule has 0 saturated heterocycles. The maximum atomic E-state index is 3.98. The van der Waals surface area contributed by atoms with Crippen molar-refractivity contribution in [2.24, 2.45) is 0 Å². The fraction of sp³-hybridized carbons (Fsp3) is 0.0444. The molecule has 0 atom stereocenters. The molecule has 12 rings (SSSR count). The van der Waals surface area contributed by atoms with E-state index in [9.17, 15) is 0 Å². The second-order valence-electron chi connectivity index (χ2n) is 22.7. The van der Waals surface area contributed by atoms with Crippen LogP contribution >= 0.6 is 0 Å². The zero-order chi connectivity index (χ0) is 64.7. The van der Waals surface area contributed by atoms with Gasteiger partial charge >= 0.3 is 0 Å². The topological polar surface area (TPSA) is 9.72 Å². The van der Waals surface area contributed by atoms with Gasteiger partial charge in [0, 0.05) is 51.2 Å². The number of rotatable bonds is 19. The summed E-state index contributed by atoms with van der Waals surface area (Å²) in [5, 5.41) is 6.99. The summed E-state index contributed by atoms with van der Waals surface area (Å²) in [6, 6.07) is 100. The molecule has 0 aromatic heterocycles. The Morgan fingerprint density at radius 2 is 0.581 bits per heavy atom. The average molecular weight is 1200 g/mol. The van der Waals surface area contributed by atoms with Crippen LogP contribution in [0.2, 0.25) is 0 Å². The van der Waals surface area contributed by atoms with Gasteiger partial charge < -0.3 is 14.7 Å². The maximum Gasteiger partial charge on any atom is 0.0468 e. The molecule has 0 heterocycles. The predicted molar refractivity (Wildman–Crippen MR) is 411 cm³/mol. The Kier molecular flexibility index (Phi) is 22.2. The largest absolute Gasteiger partial charge is 0.310 e. The van der Waals surface area contributed by atoms with E-state index < -0.39 is 0 Å². The van der Waals surface area contributed by atoms with Gasteiger partial charge in [0.25, 0.3) is 0 Å². The number of benzene rings is 12. The molecule has 93 heavy (non-hydrogen) atoms. The normalized spacial score (nSPS) is 11.3. The molecular formula is C90H79N3. The number of anilines is 9. The Balaban J connectivity index is 0.000000722. The summed E-state index contributed by atoms with van der Waals surface area (Å²) in [4.78, 5) is 7.09. The zero-order valence-corrected chi connectivity index (χ0v) is 53.7. The molecule has 454 valence electrons. The number of allylic oxidation sites excluding steroid dienone is 11. The second-order valence-corrected chi connectivity index (χ2v) is 22.7. The first-order valence-electron chi connectivity index (χ1n) is 31.5. The van der Waals surface area contributed by atoms with Crippen LogP contribution < -0.4 is 14.7 Å². The summed E-state index contributed by atoms with van der Waals surface area (Å²) < 4.78 is 0. The third-order valence-electron chi connectivity index (χ3n) is 15.7. The monoisotopic (exact) mass is 1200 g/mol. The molecule has 0 aliphatic heterocycles. The van der Waals surface area contributed by atoms with Crippen LogP contribution in [0.4, 0.5) is 51.2 Å². The summed E-state index contributed by atoms with van der Waals surface area (Å²) in [5.41, 5.74) is 18.7. The SMILES string of the molecule is C/C=C\C=C(C)C.C=C/C=C(C=C)/C=C/c1ccc(N(c2ccccc2)c2ccc3c(c2)c2ccc(N(c4ccccc4)c4ccc(/C=C/c5ccccc5)cc4)cc2c2ccc(N(c4ccccc4)c4ccc(/C=C/c5ccccc5)cc4)cc32)cc1.C=CC(=C)C. The highest BCUT2D eigenvalue weighted by molar-refractivity contribution is 6.27. The van der Waals surface area contributed by atoms with Crippen molar-refractivity contribution < 1.29 is 0 Å². The third-order valence-corrected chi connectivity index (χ3v) is 15.7. The molecule has 0 N–H and O–H groups in total. The lowest BCUT2D eigenvalue weighted by atomic mass is 9.92. The Hall–Kier alpha value is -11.8. The minimum Gasteiger partial charge on any atom is -0.310 e. The predicted octanol–water partition coefficient (Wildman–Crippen LogP) is 26.5. The van der Waals surface area contributed by atoms with Crippen LogP contribution in [0.15, 0.2) is 371 Å². The summed E-state index contributed by atoms with van der Waals surface area (Å²) in [7, 11) is 0. The third kappa shape index (κ3) is 16.7. The van der Waals surface area contributed by atoms with E-state index in [2.05, 4.69) is 364 Å². The number of hydrogen-bond acceptors (Lipinski definition) is 3. The van der Waals surface area contributed by atoms with Crippen LogP contribution in [0.5, 0.6) is 0 Å². The number of fused-ring (bicyclic) bond motifs is 6. The van der Waals surface area contributed by atoms with Crippen molar-refractivity contribution in [3.8, 4) is 0 Å². The van der Waals surface area contributed by atoms with Gasteiger partial charge in [0.1, 0.15) is 0 Å². The minimum absolute atomic E-state index is 0.999. The summed E-state index contributed by atoms with van der Waals surface area (Å²) in [6.07, 6.45) is 26.3. The molecule has 0 fully saturated rings. The fourth-order valence-corrected chi connectivity index (χ4v) is 11.0. The van der Waals surface area contributed by atoms with Crippen molar-refractivity contribution >= 4 is 114 Å². The number of para-hydroxylation sites is 3. The first kappa shape index (κ1) is 64.2. The van der Waals surface area contributed by atoms with Crippen molar-refractivity contribution in [1.29, 1.82) is 0 Å². The lowest BCUT2D eigenvalue weighted by Crippen LogP contribution is -2.10. The molecular weight excluding hydrogens is 1120 g/mol. The van der Waals surface area contributed by atoms with E-state index in [1.807, 2.05) is 50.3 Å². The van der Waals surface area contributed by atoms with Crippen LogP contribution in [0.3, 0.4) is 0 Å². The molecule has 0 aliphatic carbocycles. The van der Waals surface area contributed by atoms with E-state index in [0.717, 1.165) is 95.2 Å². The summed E-state index contributed by atoms with van der Waals surface area (Å²) in [6.45, 7) is 22.9. The molecule has 0 amide bonds. The molecule has 0 aliphatic rings. The summed E-state index contributed by atoms with van der Waals surface area (Å²) in [5.74, 6) is 0. The van der Waals surface area contributed by atoms with Crippen molar-refractivity contribution in [3.05, 3.63) is 399 Å². The molecule has 0 unspecified atom stereocenters. The first-order chi connectivity index (χ1) is 45.6. The number of nitrogens with zero attached hydrogens (tertiary/aromatic N) is 3. The van der Waals surface area contributed by atoms with Gasteiger partial charge in [0.2, 0.25) is 0 Å². The van der Waals surface area contributed by atoms with Gasteiger partial charge in [0.05, 0.1) is 0 Å². The van der Waals surface area contributed by atoms with Crippen molar-refractivity contribution in [2.45, 2.75) is 27.7 Å². The first-order valence-corrected chi connectivity index (χ1v) is 31.5. The summed E-state index contributed by atoms with van der Waals surface area (Å²) >= 11 is 0. The van der Waals surface area contributed by atoms with Crippen LogP contribution in [0, 0.1) is 0 Å². The highest BCUT2D eigenvalue weighted by Gasteiger charge is 2.21. The van der Waals surface area contributed by atoms with Gasteiger partial charge in [-0.1, -0.05) is 286 Å². The Morgan fingerprint density at radius 1 is 0.301 bits per heavy atom. The minimum atomic E-state index is 0.999. The van der Waals surface area contributed by atoms with Crippen molar-refractivity contribution in [3.63, 3.8) is 0 Å². The Bertz CT molecular complexity index is 4490. The van der Waals surface area contributed by atoms with Crippen LogP contribution in [0.1, 0.15) is 55.5 Å². The van der Waals surface area contributed by atoms with Crippen LogP contribution in [-0.2, 0) is 0 Å². The fourth-order valence-electron chi connectivity index (χ4n) is 11.0. The maximum absolute atomic E-state index is 3.98. The van der Waals surface area contributed by atoms with Crippen molar-refractivity contribution in [1.82, 2.24) is 0 Å². The molecule has 0 saturated carbocycles. The van der Waals surface area contributed by atoms with E-state index in [4.69, 9.17) is 0 Å². The van der Waals surface area contributed by atoms with Gasteiger partial charge in [-0.05, 0) is 203 Å². The Morgan fingerprint density at radius 3 is 0.849 bits per heavy atom.